The number of unbranched alkanes of at least 4 members (excludes halogenated alkanes) is 2. The number of rotatable bonds is 7. The lowest BCUT2D eigenvalue weighted by atomic mass is 10.0. The summed E-state index contributed by atoms with van der Waals surface area (Å²) < 4.78 is 0. The highest BCUT2D eigenvalue weighted by molar-refractivity contribution is 7.10. The summed E-state index contributed by atoms with van der Waals surface area (Å²) in [6.07, 6.45) is 4.82. The SMILES string of the molecule is CCCCCC(C)N1C(=O)C(C(C)C)NC1c1cccs1. The molecule has 3 nitrogen and oxygen atoms in total. The Labute approximate surface area is 132 Å². The molecule has 21 heavy (non-hydrogen) atoms. The van der Waals surface area contributed by atoms with E-state index in [-0.39, 0.29) is 18.1 Å². The van der Waals surface area contributed by atoms with Crippen molar-refractivity contribution in [2.45, 2.75) is 71.6 Å². The van der Waals surface area contributed by atoms with Gasteiger partial charge in [-0.3, -0.25) is 10.1 Å². The van der Waals surface area contributed by atoms with E-state index in [1.807, 2.05) is 0 Å². The summed E-state index contributed by atoms with van der Waals surface area (Å²) in [5, 5.41) is 5.64. The molecule has 1 N–H and O–H groups in total. The highest BCUT2D eigenvalue weighted by atomic mass is 32.1. The Morgan fingerprint density at radius 2 is 2.10 bits per heavy atom. The van der Waals surface area contributed by atoms with Gasteiger partial charge in [0.05, 0.1) is 6.04 Å². The first-order valence-corrected chi connectivity index (χ1v) is 9.05. The van der Waals surface area contributed by atoms with Gasteiger partial charge in [0.1, 0.15) is 6.17 Å². The molecule has 118 valence electrons. The molecule has 1 aromatic heterocycles. The minimum Gasteiger partial charge on any atom is -0.318 e. The van der Waals surface area contributed by atoms with Crippen molar-refractivity contribution in [2.75, 3.05) is 0 Å². The predicted molar refractivity (Wildman–Crippen MR) is 89.3 cm³/mol. The molecule has 0 radical (unpaired) electrons. The molecule has 1 fully saturated rings. The third-order valence-corrected chi connectivity index (χ3v) is 5.24. The van der Waals surface area contributed by atoms with Gasteiger partial charge in [-0.25, -0.2) is 0 Å². The molecule has 2 rings (SSSR count). The van der Waals surface area contributed by atoms with Crippen molar-refractivity contribution in [1.29, 1.82) is 0 Å². The second-order valence-corrected chi connectivity index (χ2v) is 7.38. The standard InChI is InChI=1S/C17H28N2OS/c1-5-6-7-9-13(4)19-16(14-10-8-11-21-14)18-15(12(2)3)17(19)20/h8,10-13,15-16,18H,5-7,9H2,1-4H3. The van der Waals surface area contributed by atoms with Gasteiger partial charge >= 0.3 is 0 Å². The maximum atomic E-state index is 12.8. The topological polar surface area (TPSA) is 32.3 Å². The Morgan fingerprint density at radius 3 is 2.67 bits per heavy atom. The van der Waals surface area contributed by atoms with E-state index in [0.29, 0.717) is 12.0 Å². The summed E-state index contributed by atoms with van der Waals surface area (Å²) in [6, 6.07) is 4.44. The van der Waals surface area contributed by atoms with Crippen LogP contribution < -0.4 is 5.32 Å². The number of hydrogen-bond donors (Lipinski definition) is 1. The third kappa shape index (κ3) is 3.67. The second-order valence-electron chi connectivity index (χ2n) is 6.40. The molecule has 1 amide bonds. The minimum atomic E-state index is -0.0503. The van der Waals surface area contributed by atoms with Crippen molar-refractivity contribution < 1.29 is 4.79 Å². The van der Waals surface area contributed by atoms with E-state index in [2.05, 4.69) is 55.4 Å². The van der Waals surface area contributed by atoms with Gasteiger partial charge in [0, 0.05) is 10.9 Å². The van der Waals surface area contributed by atoms with E-state index in [1.165, 1.54) is 24.1 Å². The lowest BCUT2D eigenvalue weighted by molar-refractivity contribution is -0.132. The maximum absolute atomic E-state index is 12.8. The number of thiophene rings is 1. The van der Waals surface area contributed by atoms with Crippen LogP contribution in [0.25, 0.3) is 0 Å². The molecule has 0 aliphatic carbocycles. The number of nitrogens with one attached hydrogen (secondary N) is 1. The lowest BCUT2D eigenvalue weighted by Gasteiger charge is -2.30. The quantitative estimate of drug-likeness (QED) is 0.767. The summed E-state index contributed by atoms with van der Waals surface area (Å²) in [5.74, 6) is 0.597. The smallest absolute Gasteiger partial charge is 0.241 e. The molecule has 1 aliphatic rings. The Kier molecular flexibility index (Phi) is 5.82. The van der Waals surface area contributed by atoms with E-state index in [9.17, 15) is 4.79 Å². The van der Waals surface area contributed by atoms with E-state index in [4.69, 9.17) is 0 Å². The van der Waals surface area contributed by atoms with Crippen LogP contribution in [0.3, 0.4) is 0 Å². The number of hydrogen-bond acceptors (Lipinski definition) is 3. The average molecular weight is 308 g/mol. The fourth-order valence-corrected chi connectivity index (χ4v) is 3.84. The number of amides is 1. The molecule has 1 aromatic rings. The van der Waals surface area contributed by atoms with Gasteiger partial charge in [-0.2, -0.15) is 0 Å². The van der Waals surface area contributed by atoms with Crippen LogP contribution in [0.2, 0.25) is 0 Å². The van der Waals surface area contributed by atoms with Crippen LogP contribution in [0.1, 0.15) is 64.4 Å². The molecular formula is C17H28N2OS. The average Bonchev–Trinajstić information content (AvgIpc) is 3.05. The molecule has 1 aliphatic heterocycles. The largest absolute Gasteiger partial charge is 0.318 e. The van der Waals surface area contributed by atoms with E-state index in [0.717, 1.165) is 6.42 Å². The Hall–Kier alpha value is -0.870. The van der Waals surface area contributed by atoms with Gasteiger partial charge in [-0.15, -0.1) is 11.3 Å². The van der Waals surface area contributed by atoms with Crippen molar-refractivity contribution >= 4 is 17.2 Å². The normalized spacial score (nSPS) is 24.0. The Morgan fingerprint density at radius 1 is 1.33 bits per heavy atom. The van der Waals surface area contributed by atoms with E-state index in [1.54, 1.807) is 11.3 Å². The van der Waals surface area contributed by atoms with Crippen LogP contribution in [-0.4, -0.2) is 22.9 Å². The summed E-state index contributed by atoms with van der Waals surface area (Å²) in [6.45, 7) is 8.65. The molecule has 0 aromatic carbocycles. The number of carbonyl (C=O) groups excluding carboxylic acids is 1. The summed E-state index contributed by atoms with van der Waals surface area (Å²) in [5.41, 5.74) is 0. The fraction of sp³-hybridized carbons (Fsp3) is 0.706. The van der Waals surface area contributed by atoms with Crippen molar-refractivity contribution in [2.24, 2.45) is 5.92 Å². The van der Waals surface area contributed by atoms with Crippen LogP contribution in [-0.2, 0) is 4.79 Å². The predicted octanol–water partition coefficient (Wildman–Crippen LogP) is 4.17. The van der Waals surface area contributed by atoms with Gasteiger partial charge in [-0.1, -0.05) is 46.1 Å². The zero-order chi connectivity index (χ0) is 15.4. The van der Waals surface area contributed by atoms with Crippen LogP contribution in [0.4, 0.5) is 0 Å². The highest BCUT2D eigenvalue weighted by Gasteiger charge is 2.43. The Bertz CT molecular complexity index is 444. The molecule has 3 unspecified atom stereocenters. The van der Waals surface area contributed by atoms with Crippen LogP contribution in [0.15, 0.2) is 17.5 Å². The first-order chi connectivity index (χ1) is 10.1. The first-order valence-electron chi connectivity index (χ1n) is 8.17. The second kappa shape index (κ2) is 7.41. The third-order valence-electron chi connectivity index (χ3n) is 4.32. The summed E-state index contributed by atoms with van der Waals surface area (Å²) in [4.78, 5) is 16.1. The maximum Gasteiger partial charge on any atom is 0.241 e. The zero-order valence-corrected chi connectivity index (χ0v) is 14.5. The van der Waals surface area contributed by atoms with Gasteiger partial charge in [-0.05, 0) is 30.7 Å². The van der Waals surface area contributed by atoms with Crippen LogP contribution in [0, 0.1) is 5.92 Å². The van der Waals surface area contributed by atoms with Crippen molar-refractivity contribution in [3.05, 3.63) is 22.4 Å². The molecule has 1 saturated heterocycles. The van der Waals surface area contributed by atoms with Crippen LogP contribution >= 0.6 is 11.3 Å². The van der Waals surface area contributed by atoms with Crippen molar-refractivity contribution in [1.82, 2.24) is 10.2 Å². The zero-order valence-electron chi connectivity index (χ0n) is 13.6. The summed E-state index contributed by atoms with van der Waals surface area (Å²) >= 11 is 1.73. The summed E-state index contributed by atoms with van der Waals surface area (Å²) in [7, 11) is 0. The van der Waals surface area contributed by atoms with Gasteiger partial charge < -0.3 is 4.90 Å². The molecule has 0 saturated carbocycles. The minimum absolute atomic E-state index is 0.0503. The lowest BCUT2D eigenvalue weighted by Crippen LogP contribution is -2.39. The monoisotopic (exact) mass is 308 g/mol. The molecule has 4 heteroatoms. The highest BCUT2D eigenvalue weighted by Crippen LogP contribution is 2.33. The van der Waals surface area contributed by atoms with Crippen molar-refractivity contribution in [3.63, 3.8) is 0 Å². The number of nitrogens with zero attached hydrogens (tertiary/aromatic N) is 1. The molecule has 2 heterocycles. The fourth-order valence-electron chi connectivity index (χ4n) is 3.05. The Balaban J connectivity index is 2.15. The van der Waals surface area contributed by atoms with Gasteiger partial charge in [0.2, 0.25) is 5.91 Å². The van der Waals surface area contributed by atoms with E-state index < -0.39 is 0 Å². The first kappa shape index (κ1) is 16.5. The van der Waals surface area contributed by atoms with Gasteiger partial charge in [0.25, 0.3) is 0 Å². The van der Waals surface area contributed by atoms with Gasteiger partial charge in [0.15, 0.2) is 0 Å². The van der Waals surface area contributed by atoms with Crippen LogP contribution in [0.5, 0.6) is 0 Å². The molecular weight excluding hydrogens is 280 g/mol. The molecule has 3 atom stereocenters. The van der Waals surface area contributed by atoms with Crippen molar-refractivity contribution in [3.8, 4) is 0 Å². The molecule has 0 spiro atoms. The van der Waals surface area contributed by atoms with E-state index >= 15 is 0 Å². The number of carbonyl (C=O) groups is 1. The molecule has 0 bridgehead atoms.